The van der Waals surface area contributed by atoms with Crippen LogP contribution in [-0.4, -0.2) is 21.5 Å². The number of nitriles is 2. The minimum atomic E-state index is -1.29. The second-order valence-corrected chi connectivity index (χ2v) is 11.0. The third-order valence-electron chi connectivity index (χ3n) is 6.11. The van der Waals surface area contributed by atoms with Gasteiger partial charge in [0.05, 0.1) is 18.2 Å². The lowest BCUT2D eigenvalue weighted by molar-refractivity contribution is 0.218. The van der Waals surface area contributed by atoms with Crippen molar-refractivity contribution in [2.45, 2.75) is 56.7 Å². The van der Waals surface area contributed by atoms with E-state index in [4.69, 9.17) is 10.7 Å². The predicted octanol–water partition coefficient (Wildman–Crippen LogP) is 5.35. The van der Waals surface area contributed by atoms with Crippen LogP contribution in [-0.2, 0) is 0 Å². The lowest BCUT2D eigenvalue weighted by Crippen LogP contribution is -2.59. The van der Waals surface area contributed by atoms with Gasteiger partial charge in [0.2, 0.25) is 0 Å². The Morgan fingerprint density at radius 2 is 1.68 bits per heavy atom. The SMILES string of the molecule is CCCCSC1(SCCCC)N=C(N)[C@]2(C#N)[C@H](c3ccccc3)NC(C)=C[C@]12C#N. The maximum absolute atomic E-state index is 10.8. The van der Waals surface area contributed by atoms with Gasteiger partial charge in [-0.15, -0.1) is 23.5 Å². The summed E-state index contributed by atoms with van der Waals surface area (Å²) >= 11 is 3.36. The summed E-state index contributed by atoms with van der Waals surface area (Å²) in [5.74, 6) is 2.00. The molecule has 0 saturated heterocycles. The van der Waals surface area contributed by atoms with E-state index in [-0.39, 0.29) is 5.84 Å². The van der Waals surface area contributed by atoms with Crippen molar-refractivity contribution >= 4 is 29.4 Å². The number of aliphatic imine (C=N–C) groups is 1. The van der Waals surface area contributed by atoms with Crippen molar-refractivity contribution < 1.29 is 0 Å². The summed E-state index contributed by atoms with van der Waals surface area (Å²) in [5.41, 5.74) is 5.98. The third-order valence-corrected chi connectivity index (χ3v) is 9.41. The molecule has 0 aromatic heterocycles. The fourth-order valence-corrected chi connectivity index (χ4v) is 8.06. The number of amidine groups is 1. The summed E-state index contributed by atoms with van der Waals surface area (Å²) < 4.78 is -0.845. The van der Waals surface area contributed by atoms with Crippen molar-refractivity contribution in [2.75, 3.05) is 11.5 Å². The second-order valence-electron chi connectivity index (χ2n) is 8.14. The molecule has 0 spiro atoms. The Labute approximate surface area is 194 Å². The van der Waals surface area contributed by atoms with Crippen molar-refractivity contribution in [2.24, 2.45) is 21.6 Å². The Balaban J connectivity index is 2.23. The highest BCUT2D eigenvalue weighted by molar-refractivity contribution is 8.18. The minimum absolute atomic E-state index is 0.259. The molecule has 1 aromatic rings. The average Bonchev–Trinajstić information content (AvgIpc) is 2.99. The zero-order valence-electron chi connectivity index (χ0n) is 18.5. The van der Waals surface area contributed by atoms with Gasteiger partial charge in [-0.25, -0.2) is 4.99 Å². The van der Waals surface area contributed by atoms with E-state index in [1.807, 2.05) is 43.3 Å². The highest BCUT2D eigenvalue weighted by atomic mass is 32.2. The molecule has 1 aromatic carbocycles. The molecule has 3 N–H and O–H groups in total. The molecule has 0 fully saturated rings. The van der Waals surface area contributed by atoms with Gasteiger partial charge in [0.25, 0.3) is 0 Å². The van der Waals surface area contributed by atoms with Crippen molar-refractivity contribution in [3.8, 4) is 12.1 Å². The Hall–Kier alpha value is -2.09. The molecule has 0 amide bonds. The first kappa shape index (κ1) is 23.6. The second kappa shape index (κ2) is 9.59. The van der Waals surface area contributed by atoms with Gasteiger partial charge in [0.15, 0.2) is 9.62 Å². The third kappa shape index (κ3) is 3.62. The van der Waals surface area contributed by atoms with Crippen molar-refractivity contribution in [3.05, 3.63) is 47.7 Å². The summed E-state index contributed by atoms with van der Waals surface area (Å²) in [6, 6.07) is 14.5. The van der Waals surface area contributed by atoms with E-state index in [0.29, 0.717) is 0 Å². The van der Waals surface area contributed by atoms with Crippen LogP contribution in [0.4, 0.5) is 0 Å². The molecular weight excluding hydrogens is 422 g/mol. The number of hydrogen-bond donors (Lipinski definition) is 2. The number of unbranched alkanes of at least 4 members (excludes halogenated alkanes) is 2. The van der Waals surface area contributed by atoms with Gasteiger partial charge in [0.1, 0.15) is 11.3 Å². The molecule has 0 unspecified atom stereocenters. The highest BCUT2D eigenvalue weighted by Gasteiger charge is 2.75. The number of nitrogens with one attached hydrogen (secondary N) is 1. The standard InChI is InChI=1S/C24H31N5S2/c1-4-6-13-30-24(31-14-7-5-2)22(16-25)15-18(3)28-20(19-11-9-8-10-12-19)23(22,17-26)21(27)29-24/h8-12,15,20,28H,4-7,13-14H2,1-3H3,(H2,27,29)/t20-,22+,23-/m0/s1. The zero-order valence-corrected chi connectivity index (χ0v) is 20.2. The van der Waals surface area contributed by atoms with Gasteiger partial charge in [-0.2, -0.15) is 10.5 Å². The van der Waals surface area contributed by atoms with Gasteiger partial charge in [-0.3, -0.25) is 0 Å². The number of rotatable bonds is 9. The van der Waals surface area contributed by atoms with E-state index in [9.17, 15) is 10.5 Å². The summed E-state index contributed by atoms with van der Waals surface area (Å²) in [5, 5.41) is 24.9. The number of nitrogens with zero attached hydrogens (tertiary/aromatic N) is 3. The van der Waals surface area contributed by atoms with E-state index < -0.39 is 21.1 Å². The number of nitrogens with two attached hydrogens (primary N) is 1. The van der Waals surface area contributed by atoms with Crippen LogP contribution in [0.5, 0.6) is 0 Å². The smallest absolute Gasteiger partial charge is 0.178 e. The van der Waals surface area contributed by atoms with Gasteiger partial charge in [-0.05, 0) is 42.9 Å². The number of allylic oxidation sites excluding steroid dienone is 1. The molecule has 0 aliphatic carbocycles. The van der Waals surface area contributed by atoms with Crippen molar-refractivity contribution in [1.82, 2.24) is 5.32 Å². The van der Waals surface area contributed by atoms with E-state index in [2.05, 4.69) is 31.3 Å². The van der Waals surface area contributed by atoms with Crippen LogP contribution < -0.4 is 11.1 Å². The first-order valence-electron chi connectivity index (χ1n) is 10.9. The molecular formula is C24H31N5S2. The van der Waals surface area contributed by atoms with Crippen LogP contribution in [0, 0.1) is 33.5 Å². The molecule has 5 nitrogen and oxygen atoms in total. The largest absolute Gasteiger partial charge is 0.386 e. The quantitative estimate of drug-likeness (QED) is 0.386. The van der Waals surface area contributed by atoms with Crippen LogP contribution in [0.1, 0.15) is 58.1 Å². The maximum Gasteiger partial charge on any atom is 0.178 e. The lowest BCUT2D eigenvalue weighted by atomic mass is 9.58. The molecule has 3 rings (SSSR count). The van der Waals surface area contributed by atoms with Gasteiger partial charge in [0, 0.05) is 5.70 Å². The van der Waals surface area contributed by atoms with Crippen LogP contribution in [0.3, 0.4) is 0 Å². The van der Waals surface area contributed by atoms with Gasteiger partial charge >= 0.3 is 0 Å². The van der Waals surface area contributed by atoms with Crippen LogP contribution in [0.15, 0.2) is 47.1 Å². The first-order valence-corrected chi connectivity index (χ1v) is 12.9. The minimum Gasteiger partial charge on any atom is -0.386 e. The Kier molecular flexibility index (Phi) is 7.29. The van der Waals surface area contributed by atoms with Crippen LogP contribution in [0.2, 0.25) is 0 Å². The number of thioether (sulfide) groups is 2. The van der Waals surface area contributed by atoms with Gasteiger partial charge < -0.3 is 11.1 Å². The predicted molar refractivity (Wildman–Crippen MR) is 131 cm³/mol. The van der Waals surface area contributed by atoms with E-state index in [1.165, 1.54) is 0 Å². The number of fused-ring (bicyclic) bond motifs is 1. The van der Waals surface area contributed by atoms with Crippen LogP contribution >= 0.6 is 23.5 Å². The Bertz CT molecular complexity index is 920. The Morgan fingerprint density at radius 3 is 2.19 bits per heavy atom. The highest BCUT2D eigenvalue weighted by Crippen LogP contribution is 2.69. The van der Waals surface area contributed by atoms with E-state index in [1.54, 1.807) is 23.5 Å². The molecule has 164 valence electrons. The normalized spacial score (nSPS) is 28.5. The average molecular weight is 454 g/mol. The molecule has 2 aliphatic rings. The fraction of sp³-hybridized carbons (Fsp3) is 0.542. The zero-order chi connectivity index (χ0) is 22.5. The summed E-state index contributed by atoms with van der Waals surface area (Å²) in [6.45, 7) is 6.27. The fourth-order valence-electron chi connectivity index (χ4n) is 4.49. The number of hydrogen-bond acceptors (Lipinski definition) is 7. The molecule has 7 heteroatoms. The molecule has 0 radical (unpaired) electrons. The molecule has 2 aliphatic heterocycles. The first-order chi connectivity index (χ1) is 15.0. The van der Waals surface area contributed by atoms with Crippen molar-refractivity contribution in [3.63, 3.8) is 0 Å². The number of benzene rings is 1. The van der Waals surface area contributed by atoms with Crippen LogP contribution in [0.25, 0.3) is 0 Å². The monoisotopic (exact) mass is 453 g/mol. The molecule has 2 heterocycles. The lowest BCUT2D eigenvalue weighted by Gasteiger charge is -2.49. The Morgan fingerprint density at radius 1 is 1.06 bits per heavy atom. The summed E-state index contributed by atoms with van der Waals surface area (Å²) in [6.07, 6.45) is 6.11. The molecule has 31 heavy (non-hydrogen) atoms. The van der Waals surface area contributed by atoms with E-state index >= 15 is 0 Å². The van der Waals surface area contributed by atoms with Crippen molar-refractivity contribution in [1.29, 1.82) is 10.5 Å². The molecule has 0 bridgehead atoms. The summed E-state index contributed by atoms with van der Waals surface area (Å²) in [7, 11) is 0. The maximum atomic E-state index is 10.8. The molecule has 0 saturated carbocycles. The van der Waals surface area contributed by atoms with Gasteiger partial charge in [-0.1, -0.05) is 57.0 Å². The topological polar surface area (TPSA) is 98.0 Å². The summed E-state index contributed by atoms with van der Waals surface area (Å²) in [4.78, 5) is 5.00. The van der Waals surface area contributed by atoms with E-state index in [0.717, 1.165) is 48.4 Å². The molecule has 3 atom stereocenters.